The van der Waals surface area contributed by atoms with E-state index in [9.17, 15) is 4.79 Å². The summed E-state index contributed by atoms with van der Waals surface area (Å²) in [5, 5.41) is 12.6. The largest absolute Gasteiger partial charge is 0.300 e. The van der Waals surface area contributed by atoms with Crippen molar-refractivity contribution in [2.75, 3.05) is 5.32 Å². The summed E-state index contributed by atoms with van der Waals surface area (Å²) in [4.78, 5) is 13.1. The first-order chi connectivity index (χ1) is 9.58. The van der Waals surface area contributed by atoms with Gasteiger partial charge >= 0.3 is 0 Å². The second kappa shape index (κ2) is 7.06. The number of anilines is 1. The minimum absolute atomic E-state index is 0.0799. The fourth-order valence-electron chi connectivity index (χ4n) is 1.42. The molecule has 0 aliphatic carbocycles. The van der Waals surface area contributed by atoms with E-state index < -0.39 is 0 Å². The normalized spacial score (nSPS) is 12.2. The van der Waals surface area contributed by atoms with Gasteiger partial charge in [-0.05, 0) is 37.6 Å². The molecule has 0 bridgehead atoms. The molecule has 0 saturated carbocycles. The van der Waals surface area contributed by atoms with Gasteiger partial charge in [-0.15, -0.1) is 22.0 Å². The number of thioether (sulfide) groups is 1. The van der Waals surface area contributed by atoms with Crippen LogP contribution in [0.2, 0.25) is 5.02 Å². The molecule has 0 fully saturated rings. The van der Waals surface area contributed by atoms with Crippen molar-refractivity contribution in [3.05, 3.63) is 34.3 Å². The van der Waals surface area contributed by atoms with Gasteiger partial charge in [-0.3, -0.25) is 10.1 Å². The highest BCUT2D eigenvalue weighted by atomic mass is 35.5. The molecule has 4 nitrogen and oxygen atoms in total. The standard InChI is InChI=1S/C13H14ClN3OS2/c1-3-11-16-17-13(20-11)15-12(18)8(2)19-10-6-4-9(14)5-7-10/h4-8H,3H2,1-2H3,(H,15,17,18). The number of aromatic nitrogens is 2. The molecule has 0 radical (unpaired) electrons. The van der Waals surface area contributed by atoms with Crippen molar-refractivity contribution in [1.29, 1.82) is 0 Å². The maximum Gasteiger partial charge on any atom is 0.239 e. The maximum atomic E-state index is 12.1. The van der Waals surface area contributed by atoms with Crippen molar-refractivity contribution in [3.8, 4) is 0 Å². The Bertz CT molecular complexity index is 586. The van der Waals surface area contributed by atoms with Crippen LogP contribution in [0.3, 0.4) is 0 Å². The van der Waals surface area contributed by atoms with Gasteiger partial charge in [-0.2, -0.15) is 0 Å². The summed E-state index contributed by atoms with van der Waals surface area (Å²) in [5.41, 5.74) is 0. The number of nitrogens with zero attached hydrogens (tertiary/aromatic N) is 2. The van der Waals surface area contributed by atoms with Gasteiger partial charge in [0.05, 0.1) is 5.25 Å². The summed E-state index contributed by atoms with van der Waals surface area (Å²) in [6.45, 7) is 3.86. The quantitative estimate of drug-likeness (QED) is 0.847. The molecule has 0 saturated heterocycles. The van der Waals surface area contributed by atoms with E-state index in [1.165, 1.54) is 23.1 Å². The first-order valence-corrected chi connectivity index (χ1v) is 8.21. The van der Waals surface area contributed by atoms with Crippen LogP contribution in [0.5, 0.6) is 0 Å². The smallest absolute Gasteiger partial charge is 0.239 e. The predicted octanol–water partition coefficient (Wildman–Crippen LogP) is 3.87. The molecule has 7 heteroatoms. The van der Waals surface area contributed by atoms with Crippen molar-refractivity contribution >= 4 is 45.7 Å². The van der Waals surface area contributed by atoms with Crippen LogP contribution in [-0.2, 0) is 11.2 Å². The van der Waals surface area contributed by atoms with Crippen molar-refractivity contribution in [2.45, 2.75) is 30.4 Å². The molecule has 1 atom stereocenters. The second-order valence-electron chi connectivity index (χ2n) is 4.06. The monoisotopic (exact) mass is 327 g/mol. The van der Waals surface area contributed by atoms with Crippen molar-refractivity contribution in [1.82, 2.24) is 10.2 Å². The summed E-state index contributed by atoms with van der Waals surface area (Å²) < 4.78 is 0. The molecule has 2 aromatic rings. The van der Waals surface area contributed by atoms with Gasteiger partial charge in [-0.1, -0.05) is 29.9 Å². The lowest BCUT2D eigenvalue weighted by Crippen LogP contribution is -2.22. The van der Waals surface area contributed by atoms with E-state index >= 15 is 0 Å². The average Bonchev–Trinajstić information content (AvgIpc) is 2.89. The van der Waals surface area contributed by atoms with Crippen LogP contribution in [0.15, 0.2) is 29.2 Å². The Labute approximate surface area is 130 Å². The lowest BCUT2D eigenvalue weighted by atomic mass is 10.4. The Balaban J connectivity index is 1.93. The molecule has 1 aromatic carbocycles. The van der Waals surface area contributed by atoms with Crippen LogP contribution in [-0.4, -0.2) is 21.4 Å². The Morgan fingerprint density at radius 3 is 2.70 bits per heavy atom. The third-order valence-corrected chi connectivity index (χ3v) is 4.84. The maximum absolute atomic E-state index is 12.1. The number of aryl methyl sites for hydroxylation is 1. The van der Waals surface area contributed by atoms with E-state index in [0.717, 1.165) is 16.3 Å². The van der Waals surface area contributed by atoms with Gasteiger partial charge in [0.15, 0.2) is 0 Å². The fourth-order valence-corrected chi connectivity index (χ4v) is 3.10. The third-order valence-electron chi connectivity index (χ3n) is 2.50. The van der Waals surface area contributed by atoms with Gasteiger partial charge in [0.1, 0.15) is 5.01 Å². The molecule has 2 rings (SSSR count). The average molecular weight is 328 g/mol. The summed E-state index contributed by atoms with van der Waals surface area (Å²) >= 11 is 8.72. The van der Waals surface area contributed by atoms with Crippen molar-refractivity contribution in [3.63, 3.8) is 0 Å². The topological polar surface area (TPSA) is 54.9 Å². The van der Waals surface area contributed by atoms with Crippen LogP contribution in [0.4, 0.5) is 5.13 Å². The summed E-state index contributed by atoms with van der Waals surface area (Å²) in [6, 6.07) is 7.42. The number of carbonyl (C=O) groups excluding carboxylic acids is 1. The lowest BCUT2D eigenvalue weighted by molar-refractivity contribution is -0.115. The van der Waals surface area contributed by atoms with Crippen LogP contribution < -0.4 is 5.32 Å². The van der Waals surface area contributed by atoms with Gasteiger partial charge in [0.25, 0.3) is 0 Å². The number of halogens is 1. The number of benzene rings is 1. The number of amides is 1. The van der Waals surface area contributed by atoms with Crippen LogP contribution in [0, 0.1) is 0 Å². The zero-order valence-electron chi connectivity index (χ0n) is 11.1. The summed E-state index contributed by atoms with van der Waals surface area (Å²) in [7, 11) is 0. The molecule has 1 aromatic heterocycles. The van der Waals surface area contributed by atoms with E-state index in [1.54, 1.807) is 0 Å². The predicted molar refractivity (Wildman–Crippen MR) is 84.7 cm³/mol. The van der Waals surface area contributed by atoms with E-state index in [0.29, 0.717) is 10.2 Å². The van der Waals surface area contributed by atoms with E-state index in [2.05, 4.69) is 15.5 Å². The van der Waals surface area contributed by atoms with Crippen LogP contribution >= 0.6 is 34.7 Å². The molecule has 1 heterocycles. The number of rotatable bonds is 5. The molecule has 1 amide bonds. The number of nitrogens with one attached hydrogen (secondary N) is 1. The molecule has 0 aliphatic rings. The summed E-state index contributed by atoms with van der Waals surface area (Å²) in [6.07, 6.45) is 0.822. The van der Waals surface area contributed by atoms with Crippen LogP contribution in [0.1, 0.15) is 18.9 Å². The number of hydrogen-bond donors (Lipinski definition) is 1. The SMILES string of the molecule is CCc1nnc(NC(=O)C(C)Sc2ccc(Cl)cc2)s1. The highest BCUT2D eigenvalue weighted by molar-refractivity contribution is 8.00. The number of carbonyl (C=O) groups is 1. The zero-order chi connectivity index (χ0) is 14.5. The van der Waals surface area contributed by atoms with Gasteiger partial charge in [-0.25, -0.2) is 0 Å². The highest BCUT2D eigenvalue weighted by Crippen LogP contribution is 2.26. The molecule has 0 aliphatic heterocycles. The third kappa shape index (κ3) is 4.19. The molecular formula is C13H14ClN3OS2. The minimum Gasteiger partial charge on any atom is -0.300 e. The van der Waals surface area contributed by atoms with Gasteiger partial charge < -0.3 is 0 Å². The molecule has 106 valence electrons. The van der Waals surface area contributed by atoms with E-state index in [-0.39, 0.29) is 11.2 Å². The van der Waals surface area contributed by atoms with Gasteiger partial charge in [0.2, 0.25) is 11.0 Å². The van der Waals surface area contributed by atoms with Crippen molar-refractivity contribution < 1.29 is 4.79 Å². The first kappa shape index (κ1) is 15.3. The highest BCUT2D eigenvalue weighted by Gasteiger charge is 2.16. The second-order valence-corrected chi connectivity index (χ2v) is 6.97. The Hall–Kier alpha value is -1.11. The Kier molecular flexibility index (Phi) is 5.39. The Morgan fingerprint density at radius 2 is 2.10 bits per heavy atom. The fraction of sp³-hybridized carbons (Fsp3) is 0.308. The molecule has 1 unspecified atom stereocenters. The van der Waals surface area contributed by atoms with E-state index in [1.807, 2.05) is 38.1 Å². The van der Waals surface area contributed by atoms with E-state index in [4.69, 9.17) is 11.6 Å². The first-order valence-electron chi connectivity index (χ1n) is 6.14. The lowest BCUT2D eigenvalue weighted by Gasteiger charge is -2.10. The molecule has 20 heavy (non-hydrogen) atoms. The van der Waals surface area contributed by atoms with Crippen molar-refractivity contribution in [2.24, 2.45) is 0 Å². The molecule has 0 spiro atoms. The molecule has 1 N–H and O–H groups in total. The Morgan fingerprint density at radius 1 is 1.40 bits per heavy atom. The minimum atomic E-state index is -0.217. The van der Waals surface area contributed by atoms with Gasteiger partial charge in [0, 0.05) is 9.92 Å². The zero-order valence-corrected chi connectivity index (χ0v) is 13.5. The number of hydrogen-bond acceptors (Lipinski definition) is 5. The van der Waals surface area contributed by atoms with Crippen LogP contribution in [0.25, 0.3) is 0 Å². The molecular weight excluding hydrogens is 314 g/mol. The summed E-state index contributed by atoms with van der Waals surface area (Å²) in [5.74, 6) is -0.0799.